The Morgan fingerprint density at radius 3 is 2.58 bits per heavy atom. The van der Waals surface area contributed by atoms with Gasteiger partial charge in [-0.1, -0.05) is 0 Å². The Labute approximate surface area is 147 Å². The van der Waals surface area contributed by atoms with Crippen LogP contribution in [0.4, 0.5) is 5.95 Å². The smallest absolute Gasteiger partial charge is 0.242 e. The summed E-state index contributed by atoms with van der Waals surface area (Å²) in [6, 6.07) is 1.08. The number of thioether (sulfide) groups is 1. The number of carbonyl (C=O) groups is 1. The van der Waals surface area contributed by atoms with E-state index in [1.165, 1.54) is 0 Å². The summed E-state index contributed by atoms with van der Waals surface area (Å²) in [6.07, 6.45) is 3.07. The number of aryl methyl sites for hydroxylation is 2. The van der Waals surface area contributed by atoms with Gasteiger partial charge in [0.25, 0.3) is 0 Å². The highest BCUT2D eigenvalue weighted by Gasteiger charge is 2.31. The molecule has 1 amide bonds. The van der Waals surface area contributed by atoms with Gasteiger partial charge in [0.15, 0.2) is 9.84 Å². The summed E-state index contributed by atoms with van der Waals surface area (Å²) in [5, 5.41) is 5.94. The highest BCUT2D eigenvalue weighted by molar-refractivity contribution is 7.98. The largest absolute Gasteiger partial charge is 0.351 e. The molecule has 0 aliphatic carbocycles. The average molecular weight is 373 g/mol. The number of aromatic nitrogens is 2. The van der Waals surface area contributed by atoms with Crippen LogP contribution in [0.3, 0.4) is 0 Å². The molecule has 1 aliphatic rings. The Hall–Kier alpha value is -1.35. The molecule has 2 N–H and O–H groups in total. The van der Waals surface area contributed by atoms with Crippen LogP contribution in [0.1, 0.15) is 24.2 Å². The van der Waals surface area contributed by atoms with Crippen molar-refractivity contribution in [1.29, 1.82) is 0 Å². The van der Waals surface area contributed by atoms with Crippen molar-refractivity contribution in [3.8, 4) is 0 Å². The van der Waals surface area contributed by atoms with Crippen LogP contribution in [-0.2, 0) is 14.6 Å². The van der Waals surface area contributed by atoms with Crippen molar-refractivity contribution in [3.05, 3.63) is 17.5 Å². The van der Waals surface area contributed by atoms with Crippen LogP contribution in [0.5, 0.6) is 0 Å². The van der Waals surface area contributed by atoms with Crippen LogP contribution < -0.4 is 10.6 Å². The standard InChI is InChI=1S/C15H24N4O3S2/c1-10-8-11(2)17-15(16-10)19-13(4-6-23-3)14(20)18-12-5-7-24(21,22)9-12/h8,12-13H,4-7,9H2,1-3H3,(H,18,20)(H,16,17,19)/t12-,13-/m1/s1. The maximum Gasteiger partial charge on any atom is 0.242 e. The fourth-order valence-electron chi connectivity index (χ4n) is 2.66. The molecule has 7 nitrogen and oxygen atoms in total. The lowest BCUT2D eigenvalue weighted by atomic mass is 10.2. The Bertz CT molecular complexity index is 674. The van der Waals surface area contributed by atoms with E-state index in [1.807, 2.05) is 26.2 Å². The molecule has 9 heteroatoms. The fourth-order valence-corrected chi connectivity index (χ4v) is 4.81. The molecule has 2 heterocycles. The molecule has 1 fully saturated rings. The molecule has 134 valence electrons. The lowest BCUT2D eigenvalue weighted by molar-refractivity contribution is -0.122. The second-order valence-corrected chi connectivity index (χ2v) is 9.28. The molecule has 2 atom stereocenters. The van der Waals surface area contributed by atoms with E-state index in [9.17, 15) is 13.2 Å². The first-order chi connectivity index (χ1) is 11.3. The maximum atomic E-state index is 12.6. The van der Waals surface area contributed by atoms with Crippen molar-refractivity contribution >= 4 is 33.5 Å². The summed E-state index contributed by atoms with van der Waals surface area (Å²) in [5.74, 6) is 1.19. The first-order valence-corrected chi connectivity index (χ1v) is 11.1. The molecule has 1 saturated heterocycles. The normalized spacial score (nSPS) is 20.5. The lowest BCUT2D eigenvalue weighted by Crippen LogP contribution is -2.45. The average Bonchev–Trinajstić information content (AvgIpc) is 2.81. The Morgan fingerprint density at radius 1 is 1.38 bits per heavy atom. The zero-order valence-electron chi connectivity index (χ0n) is 14.2. The number of hydrogen-bond donors (Lipinski definition) is 2. The Kier molecular flexibility index (Phi) is 6.45. The first-order valence-electron chi connectivity index (χ1n) is 7.87. The maximum absolute atomic E-state index is 12.6. The number of anilines is 1. The fraction of sp³-hybridized carbons (Fsp3) is 0.667. The predicted molar refractivity (Wildman–Crippen MR) is 97.1 cm³/mol. The molecule has 0 bridgehead atoms. The van der Waals surface area contributed by atoms with Crippen molar-refractivity contribution in [2.45, 2.75) is 38.8 Å². The van der Waals surface area contributed by atoms with Gasteiger partial charge in [0.05, 0.1) is 11.5 Å². The third-order valence-electron chi connectivity index (χ3n) is 3.79. The second kappa shape index (κ2) is 8.15. The van der Waals surface area contributed by atoms with Gasteiger partial charge in [0.2, 0.25) is 11.9 Å². The number of nitrogens with one attached hydrogen (secondary N) is 2. The van der Waals surface area contributed by atoms with Crippen LogP contribution in [-0.4, -0.2) is 59.9 Å². The molecule has 2 rings (SSSR count). The van der Waals surface area contributed by atoms with Crippen LogP contribution in [0.25, 0.3) is 0 Å². The van der Waals surface area contributed by atoms with Crippen molar-refractivity contribution in [2.75, 3.05) is 28.8 Å². The Morgan fingerprint density at radius 2 is 2.04 bits per heavy atom. The quantitative estimate of drug-likeness (QED) is 0.734. The van der Waals surface area contributed by atoms with Gasteiger partial charge in [0, 0.05) is 17.4 Å². The number of carbonyl (C=O) groups excluding carboxylic acids is 1. The van der Waals surface area contributed by atoms with Crippen molar-refractivity contribution in [1.82, 2.24) is 15.3 Å². The molecule has 0 spiro atoms. The van der Waals surface area contributed by atoms with Gasteiger partial charge in [0.1, 0.15) is 6.04 Å². The second-order valence-electron chi connectivity index (χ2n) is 6.06. The summed E-state index contributed by atoms with van der Waals surface area (Å²) >= 11 is 1.65. The summed E-state index contributed by atoms with van der Waals surface area (Å²) < 4.78 is 23.1. The van der Waals surface area contributed by atoms with E-state index in [-0.39, 0.29) is 23.5 Å². The summed E-state index contributed by atoms with van der Waals surface area (Å²) in [5.41, 5.74) is 1.66. The van der Waals surface area contributed by atoms with E-state index in [0.717, 1.165) is 17.1 Å². The van der Waals surface area contributed by atoms with E-state index in [1.54, 1.807) is 11.8 Å². The minimum Gasteiger partial charge on any atom is -0.351 e. The number of rotatable bonds is 7. The van der Waals surface area contributed by atoms with Gasteiger partial charge in [-0.05, 0) is 44.8 Å². The summed E-state index contributed by atoms with van der Waals surface area (Å²) in [6.45, 7) is 3.75. The highest BCUT2D eigenvalue weighted by Crippen LogP contribution is 2.13. The molecule has 1 aromatic rings. The van der Waals surface area contributed by atoms with Crippen molar-refractivity contribution in [3.63, 3.8) is 0 Å². The zero-order valence-corrected chi connectivity index (χ0v) is 15.8. The summed E-state index contributed by atoms with van der Waals surface area (Å²) in [4.78, 5) is 21.2. The topological polar surface area (TPSA) is 101 Å². The van der Waals surface area contributed by atoms with Gasteiger partial charge in [-0.25, -0.2) is 18.4 Å². The van der Waals surface area contributed by atoms with E-state index in [0.29, 0.717) is 18.8 Å². The van der Waals surface area contributed by atoms with Gasteiger partial charge in [-0.3, -0.25) is 4.79 Å². The third kappa shape index (κ3) is 5.62. The highest BCUT2D eigenvalue weighted by atomic mass is 32.2. The molecule has 0 aromatic carbocycles. The van der Waals surface area contributed by atoms with Gasteiger partial charge < -0.3 is 10.6 Å². The minimum atomic E-state index is -3.02. The predicted octanol–water partition coefficient (Wildman–Crippen LogP) is 0.930. The van der Waals surface area contributed by atoms with Gasteiger partial charge in [-0.15, -0.1) is 0 Å². The van der Waals surface area contributed by atoms with Crippen molar-refractivity contribution in [2.24, 2.45) is 0 Å². The number of sulfone groups is 1. The van der Waals surface area contributed by atoms with Crippen LogP contribution in [0.2, 0.25) is 0 Å². The van der Waals surface area contributed by atoms with E-state index >= 15 is 0 Å². The number of amides is 1. The third-order valence-corrected chi connectivity index (χ3v) is 6.20. The van der Waals surface area contributed by atoms with Gasteiger partial charge >= 0.3 is 0 Å². The molecular weight excluding hydrogens is 348 g/mol. The zero-order chi connectivity index (χ0) is 17.7. The Balaban J connectivity index is 2.05. The molecule has 0 saturated carbocycles. The van der Waals surface area contributed by atoms with E-state index < -0.39 is 15.9 Å². The molecule has 0 unspecified atom stereocenters. The molecule has 1 aromatic heterocycles. The number of hydrogen-bond acceptors (Lipinski definition) is 7. The van der Waals surface area contributed by atoms with E-state index in [4.69, 9.17) is 0 Å². The molecular formula is C15H24N4O3S2. The lowest BCUT2D eigenvalue weighted by Gasteiger charge is -2.20. The molecule has 0 radical (unpaired) electrons. The van der Waals surface area contributed by atoms with Crippen molar-refractivity contribution < 1.29 is 13.2 Å². The monoisotopic (exact) mass is 372 g/mol. The number of nitrogens with zero attached hydrogens (tertiary/aromatic N) is 2. The SMILES string of the molecule is CSCC[C@@H](Nc1nc(C)cc(C)n1)C(=O)N[C@@H]1CCS(=O)(=O)C1. The van der Waals surface area contributed by atoms with Crippen LogP contribution in [0, 0.1) is 13.8 Å². The van der Waals surface area contributed by atoms with Gasteiger partial charge in [-0.2, -0.15) is 11.8 Å². The first kappa shape index (κ1) is 19.0. The van der Waals surface area contributed by atoms with Crippen LogP contribution in [0.15, 0.2) is 6.07 Å². The van der Waals surface area contributed by atoms with Crippen LogP contribution >= 0.6 is 11.8 Å². The van der Waals surface area contributed by atoms with E-state index in [2.05, 4.69) is 20.6 Å². The molecule has 24 heavy (non-hydrogen) atoms. The molecule has 1 aliphatic heterocycles. The minimum absolute atomic E-state index is 0.0219. The summed E-state index contributed by atoms with van der Waals surface area (Å²) in [7, 11) is -3.02.